The molecule has 0 spiro atoms. The van der Waals surface area contributed by atoms with Gasteiger partial charge in [-0.15, -0.1) is 11.3 Å². The van der Waals surface area contributed by atoms with E-state index in [1.807, 2.05) is 72.8 Å². The zero-order valence-corrected chi connectivity index (χ0v) is 22.1. The minimum Gasteiger partial charge on any atom is -0.493 e. The van der Waals surface area contributed by atoms with E-state index < -0.39 is 0 Å². The molecule has 3 aromatic carbocycles. The van der Waals surface area contributed by atoms with Crippen molar-refractivity contribution in [2.45, 2.75) is 32.3 Å². The molecule has 0 atom stereocenters. The fourth-order valence-corrected chi connectivity index (χ4v) is 5.84. The number of ether oxygens (including phenoxy) is 2. The van der Waals surface area contributed by atoms with Crippen LogP contribution in [0.15, 0.2) is 77.8 Å². The van der Waals surface area contributed by atoms with Crippen molar-refractivity contribution in [1.82, 2.24) is 0 Å². The van der Waals surface area contributed by atoms with Crippen LogP contribution in [0.1, 0.15) is 44.8 Å². The van der Waals surface area contributed by atoms with E-state index in [9.17, 15) is 4.79 Å². The summed E-state index contributed by atoms with van der Waals surface area (Å²) in [5, 5.41) is 4.45. The number of amides is 1. The Balaban J connectivity index is 1.37. The molecule has 0 saturated carbocycles. The standard InChI is InChI=1S/C30H27ClN2O3S/c1-35-26-17-20(14-15-25(26)36-19-21-8-7-9-22(31)16-21)18-32-30-28(24-12-5-6-13-27(24)37-30)29(34)33-23-10-3-2-4-11-23/h2-4,7-11,14-18H,5-6,12-13,19H2,1H3,(H,33,34). The molecule has 5 rings (SSSR count). The van der Waals surface area contributed by atoms with Gasteiger partial charge in [-0.3, -0.25) is 4.79 Å². The summed E-state index contributed by atoms with van der Waals surface area (Å²) in [6.45, 7) is 0.380. The van der Waals surface area contributed by atoms with Gasteiger partial charge in [0.2, 0.25) is 0 Å². The van der Waals surface area contributed by atoms with Crippen LogP contribution in [-0.2, 0) is 19.4 Å². The normalized spacial score (nSPS) is 12.8. The summed E-state index contributed by atoms with van der Waals surface area (Å²) in [5.74, 6) is 1.13. The predicted molar refractivity (Wildman–Crippen MR) is 151 cm³/mol. The second-order valence-electron chi connectivity index (χ2n) is 8.80. The smallest absolute Gasteiger partial charge is 0.259 e. The van der Waals surface area contributed by atoms with Crippen LogP contribution in [0.25, 0.3) is 0 Å². The van der Waals surface area contributed by atoms with Gasteiger partial charge in [-0.2, -0.15) is 0 Å². The molecule has 1 heterocycles. The number of nitrogens with one attached hydrogen (secondary N) is 1. The largest absolute Gasteiger partial charge is 0.493 e. The number of carbonyl (C=O) groups is 1. The zero-order chi connectivity index (χ0) is 25.6. The Morgan fingerprint density at radius 2 is 1.86 bits per heavy atom. The molecular formula is C30H27ClN2O3S. The van der Waals surface area contributed by atoms with Crippen LogP contribution < -0.4 is 14.8 Å². The van der Waals surface area contributed by atoms with Crippen LogP contribution >= 0.6 is 22.9 Å². The molecule has 188 valence electrons. The molecule has 5 nitrogen and oxygen atoms in total. The number of aryl methyl sites for hydroxylation is 1. The number of anilines is 1. The van der Waals surface area contributed by atoms with Gasteiger partial charge in [0.15, 0.2) is 11.5 Å². The van der Waals surface area contributed by atoms with E-state index in [2.05, 4.69) is 5.32 Å². The van der Waals surface area contributed by atoms with E-state index in [0.29, 0.717) is 28.7 Å². The number of thiophene rings is 1. The van der Waals surface area contributed by atoms with E-state index >= 15 is 0 Å². The Morgan fingerprint density at radius 1 is 1.03 bits per heavy atom. The monoisotopic (exact) mass is 530 g/mol. The second kappa shape index (κ2) is 11.6. The van der Waals surface area contributed by atoms with Gasteiger partial charge in [-0.25, -0.2) is 4.99 Å². The molecule has 7 heteroatoms. The Kier molecular flexibility index (Phi) is 7.87. The molecule has 0 saturated heterocycles. The molecule has 4 aromatic rings. The van der Waals surface area contributed by atoms with Crippen LogP contribution in [0.4, 0.5) is 10.7 Å². The van der Waals surface area contributed by atoms with Crippen LogP contribution in [0.3, 0.4) is 0 Å². The highest BCUT2D eigenvalue weighted by molar-refractivity contribution is 7.16. The molecule has 1 aliphatic rings. The minimum atomic E-state index is -0.111. The molecule has 37 heavy (non-hydrogen) atoms. The molecule has 0 fully saturated rings. The van der Waals surface area contributed by atoms with Gasteiger partial charge in [-0.05, 0) is 84.8 Å². The summed E-state index contributed by atoms with van der Waals surface area (Å²) in [6.07, 6.45) is 5.91. The van der Waals surface area contributed by atoms with E-state index in [1.165, 1.54) is 4.88 Å². The van der Waals surface area contributed by atoms with E-state index in [-0.39, 0.29) is 5.91 Å². The lowest BCUT2D eigenvalue weighted by molar-refractivity contribution is 0.102. The molecular weight excluding hydrogens is 504 g/mol. The first-order valence-corrected chi connectivity index (χ1v) is 13.4. The number of nitrogens with zero attached hydrogens (tertiary/aromatic N) is 1. The highest BCUT2D eigenvalue weighted by Crippen LogP contribution is 2.40. The number of fused-ring (bicyclic) bond motifs is 1. The highest BCUT2D eigenvalue weighted by atomic mass is 35.5. The van der Waals surface area contributed by atoms with Crippen molar-refractivity contribution in [3.05, 3.63) is 105 Å². The lowest BCUT2D eigenvalue weighted by Crippen LogP contribution is -2.14. The third-order valence-electron chi connectivity index (χ3n) is 6.21. The van der Waals surface area contributed by atoms with Crippen molar-refractivity contribution >= 4 is 45.7 Å². The van der Waals surface area contributed by atoms with Gasteiger partial charge in [0, 0.05) is 21.8 Å². The van der Waals surface area contributed by atoms with Gasteiger partial charge in [-0.1, -0.05) is 41.9 Å². The van der Waals surface area contributed by atoms with Gasteiger partial charge in [0.05, 0.1) is 12.7 Å². The van der Waals surface area contributed by atoms with E-state index in [1.54, 1.807) is 24.7 Å². The third-order valence-corrected chi connectivity index (χ3v) is 7.65. The average molecular weight is 531 g/mol. The Morgan fingerprint density at radius 3 is 2.68 bits per heavy atom. The number of aliphatic imine (C=N–C) groups is 1. The SMILES string of the molecule is COc1cc(C=Nc2sc3c(c2C(=O)Nc2ccccc2)CCCC3)ccc1OCc1cccc(Cl)c1. The van der Waals surface area contributed by atoms with Crippen molar-refractivity contribution < 1.29 is 14.3 Å². The Hall–Kier alpha value is -3.61. The summed E-state index contributed by atoms with van der Waals surface area (Å²) in [5.41, 5.74) is 4.43. The van der Waals surface area contributed by atoms with Crippen LogP contribution in [-0.4, -0.2) is 19.2 Å². The van der Waals surface area contributed by atoms with Gasteiger partial charge < -0.3 is 14.8 Å². The highest BCUT2D eigenvalue weighted by Gasteiger charge is 2.25. The summed E-state index contributed by atoms with van der Waals surface area (Å²) in [6, 6.07) is 22.8. The number of hydrogen-bond donors (Lipinski definition) is 1. The number of carbonyl (C=O) groups excluding carboxylic acids is 1. The van der Waals surface area contributed by atoms with Crippen LogP contribution in [0.2, 0.25) is 5.02 Å². The first-order valence-electron chi connectivity index (χ1n) is 12.2. The number of rotatable bonds is 8. The van der Waals surface area contributed by atoms with E-state index in [0.717, 1.165) is 53.1 Å². The fourth-order valence-electron chi connectivity index (χ4n) is 4.40. The molecule has 1 N–H and O–H groups in total. The van der Waals surface area contributed by atoms with Crippen LogP contribution in [0, 0.1) is 0 Å². The molecule has 1 amide bonds. The number of benzene rings is 3. The minimum absolute atomic E-state index is 0.111. The van der Waals surface area contributed by atoms with Gasteiger partial charge in [0.1, 0.15) is 11.6 Å². The predicted octanol–water partition coefficient (Wildman–Crippen LogP) is 7.87. The van der Waals surface area contributed by atoms with Crippen molar-refractivity contribution in [3.63, 3.8) is 0 Å². The lowest BCUT2D eigenvalue weighted by atomic mass is 9.95. The first-order chi connectivity index (χ1) is 18.1. The fraction of sp³-hybridized carbons (Fsp3) is 0.200. The van der Waals surface area contributed by atoms with E-state index in [4.69, 9.17) is 26.1 Å². The Labute approximate surface area is 225 Å². The van der Waals surface area contributed by atoms with Gasteiger partial charge >= 0.3 is 0 Å². The maximum absolute atomic E-state index is 13.3. The van der Waals surface area contributed by atoms with Crippen molar-refractivity contribution in [1.29, 1.82) is 0 Å². The van der Waals surface area contributed by atoms with Crippen molar-refractivity contribution in [2.24, 2.45) is 4.99 Å². The molecule has 0 radical (unpaired) electrons. The second-order valence-corrected chi connectivity index (χ2v) is 10.3. The molecule has 1 aromatic heterocycles. The molecule has 0 bridgehead atoms. The number of para-hydroxylation sites is 1. The number of halogens is 1. The van der Waals surface area contributed by atoms with Crippen LogP contribution in [0.5, 0.6) is 11.5 Å². The lowest BCUT2D eigenvalue weighted by Gasteiger charge is -2.13. The summed E-state index contributed by atoms with van der Waals surface area (Å²) >= 11 is 7.69. The number of hydrogen-bond acceptors (Lipinski definition) is 5. The molecule has 1 aliphatic carbocycles. The first kappa shape index (κ1) is 25.1. The summed E-state index contributed by atoms with van der Waals surface area (Å²) in [7, 11) is 1.61. The topological polar surface area (TPSA) is 59.9 Å². The van der Waals surface area contributed by atoms with Gasteiger partial charge in [0.25, 0.3) is 5.91 Å². The molecule has 0 aliphatic heterocycles. The zero-order valence-electron chi connectivity index (χ0n) is 20.5. The molecule has 0 unspecified atom stereocenters. The number of methoxy groups -OCH3 is 1. The quantitative estimate of drug-likeness (QED) is 0.236. The summed E-state index contributed by atoms with van der Waals surface area (Å²) < 4.78 is 11.5. The van der Waals surface area contributed by atoms with Crippen molar-refractivity contribution in [3.8, 4) is 11.5 Å². The Bertz CT molecular complexity index is 1430. The maximum atomic E-state index is 13.3. The van der Waals surface area contributed by atoms with Crippen molar-refractivity contribution in [2.75, 3.05) is 12.4 Å². The average Bonchev–Trinajstić information content (AvgIpc) is 3.30. The third kappa shape index (κ3) is 6.04. The maximum Gasteiger partial charge on any atom is 0.259 e. The summed E-state index contributed by atoms with van der Waals surface area (Å²) in [4.78, 5) is 19.3.